The van der Waals surface area contributed by atoms with Crippen LogP contribution in [0.5, 0.6) is 5.88 Å². The van der Waals surface area contributed by atoms with Crippen molar-refractivity contribution in [3.05, 3.63) is 29.7 Å². The first-order valence-electron chi connectivity index (χ1n) is 8.36. The van der Waals surface area contributed by atoms with Crippen molar-refractivity contribution in [2.24, 2.45) is 0 Å². The quantitative estimate of drug-likeness (QED) is 0.766. The molecular weight excluding hydrogens is 338 g/mol. The fourth-order valence-corrected chi connectivity index (χ4v) is 2.71. The summed E-state index contributed by atoms with van der Waals surface area (Å²) in [6.45, 7) is 3.38. The van der Waals surface area contributed by atoms with Crippen molar-refractivity contribution in [1.82, 2.24) is 30.4 Å². The first-order valence-corrected chi connectivity index (χ1v) is 8.36. The maximum absolute atomic E-state index is 12.3. The SMILES string of the molecule is COCc1cc(CNC(=O)N2CCN(c3nccc(OC)n3)CC2)[nH]n1. The first kappa shape index (κ1) is 17.9. The van der Waals surface area contributed by atoms with Crippen molar-refractivity contribution in [2.45, 2.75) is 13.2 Å². The number of amides is 2. The lowest BCUT2D eigenvalue weighted by Crippen LogP contribution is -2.52. The minimum Gasteiger partial charge on any atom is -0.481 e. The van der Waals surface area contributed by atoms with Gasteiger partial charge in [-0.3, -0.25) is 5.10 Å². The summed E-state index contributed by atoms with van der Waals surface area (Å²) in [4.78, 5) is 24.8. The van der Waals surface area contributed by atoms with Crippen LogP contribution in [0.2, 0.25) is 0 Å². The van der Waals surface area contributed by atoms with Crippen molar-refractivity contribution >= 4 is 12.0 Å². The van der Waals surface area contributed by atoms with Gasteiger partial charge in [-0.1, -0.05) is 0 Å². The van der Waals surface area contributed by atoms with E-state index in [0.29, 0.717) is 51.2 Å². The molecule has 0 bridgehead atoms. The van der Waals surface area contributed by atoms with Gasteiger partial charge < -0.3 is 24.6 Å². The molecule has 0 atom stereocenters. The molecule has 0 saturated carbocycles. The van der Waals surface area contributed by atoms with Crippen LogP contribution in [0.1, 0.15) is 11.4 Å². The van der Waals surface area contributed by atoms with Gasteiger partial charge in [0.15, 0.2) is 0 Å². The maximum Gasteiger partial charge on any atom is 0.317 e. The molecule has 10 heteroatoms. The van der Waals surface area contributed by atoms with E-state index in [9.17, 15) is 4.79 Å². The molecule has 0 aliphatic carbocycles. The minimum atomic E-state index is -0.0981. The minimum absolute atomic E-state index is 0.0981. The molecule has 2 amide bonds. The van der Waals surface area contributed by atoms with Gasteiger partial charge in [0.05, 0.1) is 31.6 Å². The van der Waals surface area contributed by atoms with E-state index in [-0.39, 0.29) is 6.03 Å². The number of rotatable bonds is 6. The van der Waals surface area contributed by atoms with E-state index in [1.54, 1.807) is 31.4 Å². The molecule has 2 N–H and O–H groups in total. The number of hydrogen-bond donors (Lipinski definition) is 2. The number of carbonyl (C=O) groups excluding carboxylic acids is 1. The van der Waals surface area contributed by atoms with Crippen molar-refractivity contribution < 1.29 is 14.3 Å². The van der Waals surface area contributed by atoms with Crippen LogP contribution in [0, 0.1) is 0 Å². The number of nitrogens with one attached hydrogen (secondary N) is 2. The molecule has 3 rings (SSSR count). The molecule has 1 saturated heterocycles. The number of aromatic amines is 1. The second-order valence-corrected chi connectivity index (χ2v) is 5.85. The molecule has 0 aromatic carbocycles. The Hall–Kier alpha value is -2.88. The fraction of sp³-hybridized carbons (Fsp3) is 0.500. The van der Waals surface area contributed by atoms with Crippen molar-refractivity contribution in [3.63, 3.8) is 0 Å². The normalized spacial score (nSPS) is 14.4. The van der Waals surface area contributed by atoms with Crippen molar-refractivity contribution in [3.8, 4) is 5.88 Å². The topological polar surface area (TPSA) is 109 Å². The number of ether oxygens (including phenoxy) is 2. The summed E-state index contributed by atoms with van der Waals surface area (Å²) in [6, 6.07) is 3.49. The summed E-state index contributed by atoms with van der Waals surface area (Å²) in [6.07, 6.45) is 1.67. The second kappa shape index (κ2) is 8.48. The summed E-state index contributed by atoms with van der Waals surface area (Å²) in [7, 11) is 3.19. The maximum atomic E-state index is 12.3. The third-order valence-electron chi connectivity index (χ3n) is 4.08. The lowest BCUT2D eigenvalue weighted by atomic mass is 10.3. The van der Waals surface area contributed by atoms with Crippen molar-refractivity contribution in [2.75, 3.05) is 45.3 Å². The molecule has 2 aromatic rings. The number of carbonyl (C=O) groups is 1. The number of nitrogens with zero attached hydrogens (tertiary/aromatic N) is 5. The van der Waals surface area contributed by atoms with E-state index in [4.69, 9.17) is 9.47 Å². The van der Waals surface area contributed by atoms with Gasteiger partial charge >= 0.3 is 6.03 Å². The lowest BCUT2D eigenvalue weighted by molar-refractivity contribution is 0.181. The van der Waals surface area contributed by atoms with E-state index >= 15 is 0 Å². The number of hydrogen-bond acceptors (Lipinski definition) is 7. The van der Waals surface area contributed by atoms with Crippen LogP contribution < -0.4 is 15.0 Å². The van der Waals surface area contributed by atoms with Gasteiger partial charge in [-0.05, 0) is 6.07 Å². The summed E-state index contributed by atoms with van der Waals surface area (Å²) in [5.74, 6) is 1.15. The van der Waals surface area contributed by atoms with E-state index < -0.39 is 0 Å². The molecule has 3 heterocycles. The van der Waals surface area contributed by atoms with Crippen LogP contribution >= 0.6 is 0 Å². The Morgan fingerprint density at radius 2 is 2.12 bits per heavy atom. The van der Waals surface area contributed by atoms with Crippen LogP contribution in [0.3, 0.4) is 0 Å². The molecule has 1 aliphatic rings. The number of methoxy groups -OCH3 is 2. The third kappa shape index (κ3) is 4.39. The van der Waals surface area contributed by atoms with Gasteiger partial charge in [0, 0.05) is 45.6 Å². The van der Waals surface area contributed by atoms with Crippen LogP contribution in [0.15, 0.2) is 18.3 Å². The van der Waals surface area contributed by atoms with Crippen LogP contribution in [-0.4, -0.2) is 71.5 Å². The zero-order valence-corrected chi connectivity index (χ0v) is 14.9. The number of urea groups is 1. The highest BCUT2D eigenvalue weighted by molar-refractivity contribution is 5.74. The summed E-state index contributed by atoms with van der Waals surface area (Å²) >= 11 is 0. The lowest BCUT2D eigenvalue weighted by Gasteiger charge is -2.34. The third-order valence-corrected chi connectivity index (χ3v) is 4.08. The molecular formula is C16H23N7O3. The number of anilines is 1. The van der Waals surface area contributed by atoms with Crippen LogP contribution in [0.25, 0.3) is 0 Å². The summed E-state index contributed by atoms with van der Waals surface area (Å²) in [5, 5.41) is 9.90. The smallest absolute Gasteiger partial charge is 0.317 e. The molecule has 26 heavy (non-hydrogen) atoms. The Balaban J connectivity index is 1.47. The Labute approximate surface area is 151 Å². The molecule has 0 unspecified atom stereocenters. The molecule has 140 valence electrons. The zero-order valence-electron chi connectivity index (χ0n) is 14.9. The van der Waals surface area contributed by atoms with Gasteiger partial charge in [0.2, 0.25) is 11.8 Å². The Morgan fingerprint density at radius 3 is 2.85 bits per heavy atom. The van der Waals surface area contributed by atoms with E-state index in [2.05, 4.69) is 25.5 Å². The highest BCUT2D eigenvalue weighted by atomic mass is 16.5. The Kier molecular flexibility index (Phi) is 5.84. The highest BCUT2D eigenvalue weighted by Crippen LogP contribution is 2.14. The fourth-order valence-electron chi connectivity index (χ4n) is 2.71. The second-order valence-electron chi connectivity index (χ2n) is 5.85. The van der Waals surface area contributed by atoms with Gasteiger partial charge in [0.1, 0.15) is 0 Å². The molecule has 1 fully saturated rings. The van der Waals surface area contributed by atoms with Crippen molar-refractivity contribution in [1.29, 1.82) is 0 Å². The average molecular weight is 361 g/mol. The van der Waals surface area contributed by atoms with Crippen LogP contribution in [-0.2, 0) is 17.9 Å². The van der Waals surface area contributed by atoms with E-state index in [1.807, 2.05) is 11.0 Å². The Morgan fingerprint density at radius 1 is 1.31 bits per heavy atom. The first-order chi connectivity index (χ1) is 12.7. The standard InChI is InChI=1S/C16H23N7O3/c1-25-11-13-9-12(20-21-13)10-18-16(24)23-7-5-22(6-8-23)15-17-4-3-14(19-15)26-2/h3-4,9H,5-8,10-11H2,1-2H3,(H,18,24)(H,20,21). The Bertz CT molecular complexity index is 728. The zero-order chi connectivity index (χ0) is 18.4. The van der Waals surface area contributed by atoms with Gasteiger partial charge in [-0.25, -0.2) is 9.78 Å². The largest absolute Gasteiger partial charge is 0.481 e. The summed E-state index contributed by atoms with van der Waals surface area (Å²) < 4.78 is 10.1. The average Bonchev–Trinajstić information content (AvgIpc) is 3.14. The predicted octanol–water partition coefficient (Wildman–Crippen LogP) is 0.386. The van der Waals surface area contributed by atoms with E-state index in [1.165, 1.54) is 0 Å². The van der Waals surface area contributed by atoms with E-state index in [0.717, 1.165) is 11.4 Å². The highest BCUT2D eigenvalue weighted by Gasteiger charge is 2.22. The summed E-state index contributed by atoms with van der Waals surface area (Å²) in [5.41, 5.74) is 1.65. The predicted molar refractivity (Wildman–Crippen MR) is 93.9 cm³/mol. The van der Waals surface area contributed by atoms with Gasteiger partial charge in [-0.2, -0.15) is 10.1 Å². The molecule has 10 nitrogen and oxygen atoms in total. The number of H-pyrrole nitrogens is 1. The molecule has 0 radical (unpaired) electrons. The molecule has 1 aliphatic heterocycles. The van der Waals surface area contributed by atoms with Gasteiger partial charge in [-0.15, -0.1) is 0 Å². The molecule has 2 aromatic heterocycles. The van der Waals surface area contributed by atoms with Gasteiger partial charge in [0.25, 0.3) is 0 Å². The number of aromatic nitrogens is 4. The van der Waals surface area contributed by atoms with Crippen LogP contribution in [0.4, 0.5) is 10.7 Å². The monoisotopic (exact) mass is 361 g/mol. The molecule has 0 spiro atoms. The number of piperazine rings is 1.